The minimum absolute atomic E-state index is 0.753. The van der Waals surface area contributed by atoms with E-state index >= 15 is 0 Å². The minimum Gasteiger partial charge on any atom is -0.227 e. The molecular formula is C9H4BrNS. The fourth-order valence-electron chi connectivity index (χ4n) is 1.05. The molecule has 0 aliphatic rings. The van der Waals surface area contributed by atoms with Gasteiger partial charge in [0.05, 0.1) is 6.57 Å². The predicted molar refractivity (Wildman–Crippen MR) is 55.8 cm³/mol. The van der Waals surface area contributed by atoms with Gasteiger partial charge in [0.2, 0.25) is 5.00 Å². The van der Waals surface area contributed by atoms with Gasteiger partial charge in [-0.2, -0.15) is 11.3 Å². The number of hydrogen-bond acceptors (Lipinski definition) is 1. The van der Waals surface area contributed by atoms with E-state index in [1.54, 1.807) is 0 Å². The van der Waals surface area contributed by atoms with Gasteiger partial charge in [0.25, 0.3) is 0 Å². The summed E-state index contributed by atoms with van der Waals surface area (Å²) in [6.45, 7) is 6.85. The molecule has 3 heteroatoms. The van der Waals surface area contributed by atoms with Gasteiger partial charge in [0, 0.05) is 9.17 Å². The number of nitrogens with zero attached hydrogens (tertiary/aromatic N) is 1. The molecule has 12 heavy (non-hydrogen) atoms. The highest BCUT2D eigenvalue weighted by Crippen LogP contribution is 2.33. The van der Waals surface area contributed by atoms with Gasteiger partial charge in [0.1, 0.15) is 0 Å². The van der Waals surface area contributed by atoms with Crippen LogP contribution in [0.4, 0.5) is 5.00 Å². The smallest absolute Gasteiger partial charge is 0.227 e. The first-order valence-corrected chi connectivity index (χ1v) is 4.97. The number of hydrogen-bond donors (Lipinski definition) is 0. The zero-order valence-electron chi connectivity index (χ0n) is 6.04. The molecule has 0 N–H and O–H groups in total. The molecule has 58 valence electrons. The van der Waals surface area contributed by atoms with Crippen LogP contribution in [0.2, 0.25) is 0 Å². The third-order valence-electron chi connectivity index (χ3n) is 1.58. The van der Waals surface area contributed by atoms with E-state index in [2.05, 4.69) is 20.8 Å². The quantitative estimate of drug-likeness (QED) is 0.605. The van der Waals surface area contributed by atoms with E-state index < -0.39 is 0 Å². The van der Waals surface area contributed by atoms with Crippen LogP contribution < -0.4 is 0 Å². The third-order valence-corrected chi connectivity index (χ3v) is 3.06. The first kappa shape index (κ1) is 7.78. The zero-order chi connectivity index (χ0) is 8.55. The van der Waals surface area contributed by atoms with Crippen LogP contribution >= 0.6 is 27.3 Å². The highest BCUT2D eigenvalue weighted by molar-refractivity contribution is 9.10. The van der Waals surface area contributed by atoms with Gasteiger partial charge < -0.3 is 0 Å². The molecule has 0 aliphatic carbocycles. The number of thiophene rings is 1. The summed E-state index contributed by atoms with van der Waals surface area (Å²) in [4.78, 5) is 3.39. The summed E-state index contributed by atoms with van der Waals surface area (Å²) >= 11 is 4.92. The molecule has 0 amide bonds. The monoisotopic (exact) mass is 237 g/mol. The summed E-state index contributed by atoms with van der Waals surface area (Å²) in [6, 6.07) is 7.96. The lowest BCUT2D eigenvalue weighted by molar-refractivity contribution is 1.77. The van der Waals surface area contributed by atoms with Gasteiger partial charge in [-0.1, -0.05) is 22.0 Å². The summed E-state index contributed by atoms with van der Waals surface area (Å²) in [5.74, 6) is 0. The Morgan fingerprint density at radius 1 is 1.33 bits per heavy atom. The van der Waals surface area contributed by atoms with E-state index in [0.29, 0.717) is 0 Å². The zero-order valence-corrected chi connectivity index (χ0v) is 8.45. The van der Waals surface area contributed by atoms with Crippen molar-refractivity contribution < 1.29 is 0 Å². The van der Waals surface area contributed by atoms with Crippen molar-refractivity contribution in [2.45, 2.75) is 0 Å². The first-order chi connectivity index (χ1) is 5.79. The highest BCUT2D eigenvalue weighted by Gasteiger charge is 1.99. The Morgan fingerprint density at radius 3 is 2.92 bits per heavy atom. The molecule has 1 aromatic heterocycles. The van der Waals surface area contributed by atoms with Crippen LogP contribution in [-0.2, 0) is 0 Å². The van der Waals surface area contributed by atoms with Gasteiger partial charge in [-0.25, -0.2) is 4.85 Å². The second-order valence-electron chi connectivity index (χ2n) is 2.38. The van der Waals surface area contributed by atoms with Gasteiger partial charge in [-0.15, -0.1) is 0 Å². The van der Waals surface area contributed by atoms with Gasteiger partial charge in [-0.05, 0) is 23.6 Å². The van der Waals surface area contributed by atoms with Crippen molar-refractivity contribution in [2.24, 2.45) is 0 Å². The standard InChI is InChI=1S/C9H4BrNS/c1-11-9-4-6-2-3-7(10)5-8(6)12-9/h2-5H. The van der Waals surface area contributed by atoms with Crippen molar-refractivity contribution >= 4 is 42.4 Å². The summed E-state index contributed by atoms with van der Waals surface area (Å²) in [7, 11) is 0. The molecule has 0 radical (unpaired) electrons. The normalized spacial score (nSPS) is 10.0. The second-order valence-corrected chi connectivity index (χ2v) is 4.36. The van der Waals surface area contributed by atoms with Gasteiger partial charge in [0.15, 0.2) is 0 Å². The fraction of sp³-hybridized carbons (Fsp3) is 0. The SMILES string of the molecule is [C-]#[N+]c1cc2ccc(Br)cc2s1. The third kappa shape index (κ3) is 1.24. The molecule has 2 rings (SSSR count). The molecular weight excluding hydrogens is 234 g/mol. The maximum Gasteiger partial charge on any atom is 0.242 e. The number of benzene rings is 1. The van der Waals surface area contributed by atoms with Crippen LogP contribution in [0.25, 0.3) is 14.9 Å². The largest absolute Gasteiger partial charge is 0.242 e. The van der Waals surface area contributed by atoms with Crippen molar-refractivity contribution in [1.29, 1.82) is 0 Å². The predicted octanol–water partition coefficient (Wildman–Crippen LogP) is 4.21. The van der Waals surface area contributed by atoms with E-state index in [0.717, 1.165) is 19.6 Å². The molecule has 0 saturated heterocycles. The van der Waals surface area contributed by atoms with Gasteiger partial charge >= 0.3 is 0 Å². The van der Waals surface area contributed by atoms with Crippen LogP contribution in [0.15, 0.2) is 28.7 Å². The van der Waals surface area contributed by atoms with E-state index in [1.165, 1.54) is 11.3 Å². The summed E-state index contributed by atoms with van der Waals surface area (Å²) < 4.78 is 2.23. The molecule has 1 aromatic carbocycles. The molecule has 0 aliphatic heterocycles. The second kappa shape index (κ2) is 2.89. The molecule has 0 unspecified atom stereocenters. The molecule has 1 heterocycles. The van der Waals surface area contributed by atoms with E-state index in [-0.39, 0.29) is 0 Å². The molecule has 0 atom stereocenters. The Morgan fingerprint density at radius 2 is 2.17 bits per heavy atom. The van der Waals surface area contributed by atoms with Crippen molar-refractivity contribution in [1.82, 2.24) is 0 Å². The number of rotatable bonds is 0. The Bertz CT molecular complexity index is 467. The average Bonchev–Trinajstić information content (AvgIpc) is 2.46. The van der Waals surface area contributed by atoms with E-state index in [9.17, 15) is 0 Å². The molecule has 2 aromatic rings. The van der Waals surface area contributed by atoms with E-state index in [1.807, 2.05) is 24.3 Å². The lowest BCUT2D eigenvalue weighted by Gasteiger charge is -1.88. The maximum absolute atomic E-state index is 6.85. The van der Waals surface area contributed by atoms with Crippen molar-refractivity contribution in [3.63, 3.8) is 0 Å². The number of halogens is 1. The minimum atomic E-state index is 0.753. The van der Waals surface area contributed by atoms with Crippen molar-refractivity contribution in [3.8, 4) is 0 Å². The van der Waals surface area contributed by atoms with Gasteiger partial charge in [-0.3, -0.25) is 0 Å². The Labute approximate surface area is 82.6 Å². The molecule has 0 bridgehead atoms. The van der Waals surface area contributed by atoms with Crippen molar-refractivity contribution in [3.05, 3.63) is 40.2 Å². The van der Waals surface area contributed by atoms with E-state index in [4.69, 9.17) is 6.57 Å². The van der Waals surface area contributed by atoms with Crippen LogP contribution in [0.3, 0.4) is 0 Å². The Hall–Kier alpha value is -0.850. The van der Waals surface area contributed by atoms with Crippen LogP contribution in [-0.4, -0.2) is 0 Å². The summed E-state index contributed by atoms with van der Waals surface area (Å²) in [6.07, 6.45) is 0. The molecule has 0 fully saturated rings. The summed E-state index contributed by atoms with van der Waals surface area (Å²) in [5, 5.41) is 1.90. The Balaban J connectivity index is 2.77. The van der Waals surface area contributed by atoms with Crippen LogP contribution in [0, 0.1) is 6.57 Å². The molecule has 0 spiro atoms. The van der Waals surface area contributed by atoms with Crippen LogP contribution in [0.1, 0.15) is 0 Å². The fourth-order valence-corrected chi connectivity index (χ4v) is 2.45. The molecule has 0 saturated carbocycles. The lowest BCUT2D eigenvalue weighted by Crippen LogP contribution is -1.61. The molecule has 1 nitrogen and oxygen atoms in total. The highest BCUT2D eigenvalue weighted by atomic mass is 79.9. The number of fused-ring (bicyclic) bond motifs is 1. The maximum atomic E-state index is 6.85. The summed E-state index contributed by atoms with van der Waals surface area (Å²) in [5.41, 5.74) is 0. The first-order valence-electron chi connectivity index (χ1n) is 3.36. The average molecular weight is 238 g/mol. The lowest BCUT2D eigenvalue weighted by atomic mass is 10.3. The topological polar surface area (TPSA) is 4.36 Å². The van der Waals surface area contributed by atoms with Crippen molar-refractivity contribution in [2.75, 3.05) is 0 Å². The van der Waals surface area contributed by atoms with Crippen LogP contribution in [0.5, 0.6) is 0 Å². The Kier molecular flexibility index (Phi) is 1.87.